The van der Waals surface area contributed by atoms with Crippen molar-refractivity contribution in [3.8, 4) is 0 Å². The second-order valence-corrected chi connectivity index (χ2v) is 9.91. The summed E-state index contributed by atoms with van der Waals surface area (Å²) in [5.41, 5.74) is 2.73. The van der Waals surface area contributed by atoms with Gasteiger partial charge in [-0.3, -0.25) is 14.7 Å². The zero-order valence-electron chi connectivity index (χ0n) is 17.0. The fourth-order valence-corrected chi connectivity index (χ4v) is 6.25. The van der Waals surface area contributed by atoms with E-state index in [-0.39, 0.29) is 11.8 Å². The Hall–Kier alpha value is -2.06. The number of ether oxygens (including phenoxy) is 1. The van der Waals surface area contributed by atoms with Gasteiger partial charge in [-0.2, -0.15) is 11.3 Å². The molecule has 0 N–H and O–H groups in total. The summed E-state index contributed by atoms with van der Waals surface area (Å²) in [4.78, 5) is 23.9. The Morgan fingerprint density at radius 3 is 2.93 bits per heavy atom. The molecule has 0 radical (unpaired) electrons. The number of thiophene rings is 2. The maximum absolute atomic E-state index is 13.8. The number of aromatic nitrogens is 1. The van der Waals surface area contributed by atoms with Gasteiger partial charge in [-0.25, -0.2) is 0 Å². The molecule has 3 aromatic rings. The molecule has 1 amide bonds. The van der Waals surface area contributed by atoms with Crippen LogP contribution in [0.15, 0.2) is 52.8 Å². The van der Waals surface area contributed by atoms with Gasteiger partial charge in [0.05, 0.1) is 6.61 Å². The zero-order valence-corrected chi connectivity index (χ0v) is 18.6. The topological polar surface area (TPSA) is 45.7 Å². The van der Waals surface area contributed by atoms with E-state index in [1.807, 2.05) is 17.2 Å². The number of carbonyl (C=O) groups is 1. The smallest absolute Gasteiger partial charge is 0.257 e. The quantitative estimate of drug-likeness (QED) is 0.605. The Balaban J connectivity index is 1.46. The van der Waals surface area contributed by atoms with Crippen LogP contribution in [-0.4, -0.2) is 52.5 Å². The molecular weight excluding hydrogens is 414 g/mol. The first-order chi connectivity index (χ1) is 14.7. The van der Waals surface area contributed by atoms with Crippen LogP contribution in [0, 0.1) is 6.92 Å². The van der Waals surface area contributed by atoms with Gasteiger partial charge < -0.3 is 9.64 Å². The minimum atomic E-state index is -0.845. The Labute approximate surface area is 184 Å². The van der Waals surface area contributed by atoms with Crippen molar-refractivity contribution in [3.05, 3.63) is 74.4 Å². The molecule has 1 spiro atoms. The van der Waals surface area contributed by atoms with Gasteiger partial charge >= 0.3 is 0 Å². The molecule has 0 saturated carbocycles. The van der Waals surface area contributed by atoms with Crippen LogP contribution in [0.3, 0.4) is 0 Å². The summed E-state index contributed by atoms with van der Waals surface area (Å²) in [7, 11) is 0. The highest BCUT2D eigenvalue weighted by Crippen LogP contribution is 2.42. The normalized spacial score (nSPS) is 24.8. The van der Waals surface area contributed by atoms with Gasteiger partial charge in [-0.15, -0.1) is 11.3 Å². The zero-order chi connectivity index (χ0) is 20.6. The molecule has 5 rings (SSSR count). The van der Waals surface area contributed by atoms with Crippen LogP contribution < -0.4 is 0 Å². The monoisotopic (exact) mass is 439 g/mol. The van der Waals surface area contributed by atoms with Crippen LogP contribution in [0.4, 0.5) is 0 Å². The number of hydrogen-bond donors (Lipinski definition) is 0. The summed E-state index contributed by atoms with van der Waals surface area (Å²) in [5.74, 6) is 0.0865. The van der Waals surface area contributed by atoms with Gasteiger partial charge in [0.1, 0.15) is 0 Å². The largest absolute Gasteiger partial charge is 0.361 e. The first-order valence-electron chi connectivity index (χ1n) is 10.3. The number of hydrogen-bond acceptors (Lipinski definition) is 6. The van der Waals surface area contributed by atoms with Crippen molar-refractivity contribution in [1.29, 1.82) is 0 Å². The van der Waals surface area contributed by atoms with E-state index in [9.17, 15) is 4.79 Å². The van der Waals surface area contributed by atoms with Gasteiger partial charge in [0.25, 0.3) is 5.91 Å². The SMILES string of the molecule is Cc1ccsc1CN1C[C@@H](c2cccnc2)[C@]2(C1)OCCN(Cc1ccsc1)C2=O. The summed E-state index contributed by atoms with van der Waals surface area (Å²) >= 11 is 3.45. The Kier molecular flexibility index (Phi) is 5.45. The number of amides is 1. The van der Waals surface area contributed by atoms with Crippen molar-refractivity contribution in [3.63, 3.8) is 0 Å². The van der Waals surface area contributed by atoms with Crippen molar-refractivity contribution in [2.24, 2.45) is 0 Å². The minimum absolute atomic E-state index is 0.0238. The van der Waals surface area contributed by atoms with E-state index in [0.717, 1.165) is 18.7 Å². The fraction of sp³-hybridized carbons (Fsp3) is 0.391. The third-order valence-corrected chi connectivity index (χ3v) is 7.95. The fourth-order valence-electron chi connectivity index (χ4n) is 4.64. The van der Waals surface area contributed by atoms with Crippen LogP contribution >= 0.6 is 22.7 Å². The maximum atomic E-state index is 13.8. The van der Waals surface area contributed by atoms with Crippen LogP contribution in [0.1, 0.15) is 27.5 Å². The number of likely N-dealkylation sites (tertiary alicyclic amines) is 1. The Bertz CT molecular complexity index is 1000. The van der Waals surface area contributed by atoms with Crippen LogP contribution in [0.25, 0.3) is 0 Å². The maximum Gasteiger partial charge on any atom is 0.257 e. The molecule has 5 heterocycles. The number of pyridine rings is 1. The molecule has 0 aromatic carbocycles. The minimum Gasteiger partial charge on any atom is -0.361 e. The second-order valence-electron chi connectivity index (χ2n) is 8.13. The summed E-state index contributed by atoms with van der Waals surface area (Å²) in [6, 6.07) is 8.29. The first kappa shape index (κ1) is 19.9. The predicted octanol–water partition coefficient (Wildman–Crippen LogP) is 3.91. The molecule has 2 fully saturated rings. The molecule has 0 aliphatic carbocycles. The predicted molar refractivity (Wildman–Crippen MR) is 120 cm³/mol. The summed E-state index contributed by atoms with van der Waals surface area (Å²) < 4.78 is 6.38. The summed E-state index contributed by atoms with van der Waals surface area (Å²) in [6.45, 7) is 6.27. The molecule has 2 aliphatic heterocycles. The van der Waals surface area contributed by atoms with E-state index in [1.165, 1.54) is 16.0 Å². The summed E-state index contributed by atoms with van der Waals surface area (Å²) in [5, 5.41) is 6.32. The van der Waals surface area contributed by atoms with E-state index in [2.05, 4.69) is 51.1 Å². The molecule has 156 valence electrons. The van der Waals surface area contributed by atoms with Crippen LogP contribution in [0.5, 0.6) is 0 Å². The molecule has 2 atom stereocenters. The molecule has 0 unspecified atom stereocenters. The van der Waals surface area contributed by atoms with Crippen molar-refractivity contribution in [2.45, 2.75) is 31.5 Å². The van der Waals surface area contributed by atoms with Crippen molar-refractivity contribution in [2.75, 3.05) is 26.2 Å². The first-order valence-corrected chi connectivity index (χ1v) is 12.1. The van der Waals surface area contributed by atoms with Gasteiger partial charge in [-0.1, -0.05) is 6.07 Å². The second kappa shape index (κ2) is 8.23. The average molecular weight is 440 g/mol. The molecule has 3 aromatic heterocycles. The lowest BCUT2D eigenvalue weighted by atomic mass is 9.83. The van der Waals surface area contributed by atoms with E-state index in [4.69, 9.17) is 4.74 Å². The standard InChI is InChI=1S/C23H25N3O2S2/c1-17-4-10-30-21(17)14-25-13-20(19-3-2-6-24-11-19)23(16-25)22(27)26(7-8-28-23)12-18-5-9-29-15-18/h2-6,9-11,15,20H,7-8,12-14,16H2,1H3/t20-,23-/m0/s1. The van der Waals surface area contributed by atoms with Crippen LogP contribution in [0.2, 0.25) is 0 Å². The van der Waals surface area contributed by atoms with Gasteiger partial charge in [-0.05, 0) is 58.0 Å². The number of nitrogens with zero attached hydrogens (tertiary/aromatic N) is 3. The van der Waals surface area contributed by atoms with Gasteiger partial charge in [0.2, 0.25) is 0 Å². The van der Waals surface area contributed by atoms with Crippen molar-refractivity contribution >= 4 is 28.6 Å². The molecule has 0 bridgehead atoms. The Morgan fingerprint density at radius 2 is 2.20 bits per heavy atom. The highest BCUT2D eigenvalue weighted by atomic mass is 32.1. The number of aryl methyl sites for hydroxylation is 1. The number of carbonyl (C=O) groups excluding carboxylic acids is 1. The van der Waals surface area contributed by atoms with Crippen molar-refractivity contribution < 1.29 is 9.53 Å². The van der Waals surface area contributed by atoms with Crippen molar-refractivity contribution in [1.82, 2.24) is 14.8 Å². The lowest BCUT2D eigenvalue weighted by Crippen LogP contribution is -2.59. The third-order valence-electron chi connectivity index (χ3n) is 6.21. The van der Waals surface area contributed by atoms with Gasteiger partial charge in [0, 0.05) is 55.9 Å². The summed E-state index contributed by atoms with van der Waals surface area (Å²) in [6.07, 6.45) is 3.67. The molecule has 2 saturated heterocycles. The molecule has 7 heteroatoms. The Morgan fingerprint density at radius 1 is 1.27 bits per heavy atom. The highest BCUT2D eigenvalue weighted by Gasteiger charge is 2.57. The van der Waals surface area contributed by atoms with E-state index >= 15 is 0 Å². The third kappa shape index (κ3) is 3.60. The molecule has 2 aliphatic rings. The average Bonchev–Trinajstić information content (AvgIpc) is 3.49. The number of rotatable bonds is 5. The van der Waals surface area contributed by atoms with E-state index < -0.39 is 5.60 Å². The van der Waals surface area contributed by atoms with Gasteiger partial charge in [0.15, 0.2) is 5.60 Å². The molecule has 5 nitrogen and oxygen atoms in total. The lowest BCUT2D eigenvalue weighted by molar-refractivity contribution is -0.173. The lowest BCUT2D eigenvalue weighted by Gasteiger charge is -2.42. The van der Waals surface area contributed by atoms with E-state index in [1.54, 1.807) is 28.9 Å². The number of morpholine rings is 1. The van der Waals surface area contributed by atoms with Crippen LogP contribution in [-0.2, 0) is 22.6 Å². The molecular formula is C23H25N3O2S2. The van der Waals surface area contributed by atoms with E-state index in [0.29, 0.717) is 26.2 Å². The highest BCUT2D eigenvalue weighted by molar-refractivity contribution is 7.10. The molecule has 30 heavy (non-hydrogen) atoms.